The van der Waals surface area contributed by atoms with Gasteiger partial charge in [-0.15, -0.1) is 0 Å². The number of carbonyl (C=O) groups excluding carboxylic acids is 4. The van der Waals surface area contributed by atoms with E-state index in [-0.39, 0.29) is 55.2 Å². The van der Waals surface area contributed by atoms with Gasteiger partial charge in [0.25, 0.3) is 5.91 Å². The average molecular weight is 504 g/mol. The molecule has 1 fully saturated rings. The van der Waals surface area contributed by atoms with E-state index in [1.807, 2.05) is 13.8 Å². The van der Waals surface area contributed by atoms with Gasteiger partial charge < -0.3 is 30.7 Å². The number of fused-ring (bicyclic) bond motifs is 1. The van der Waals surface area contributed by atoms with Crippen LogP contribution < -0.4 is 26.0 Å². The molecule has 1 saturated heterocycles. The summed E-state index contributed by atoms with van der Waals surface area (Å²) < 4.78 is 11.1. The standard InChI is InChI=1S/C25H37N5O6/c1-17(2)22-25(34)27-10-14-36-20-6-4-3-5-18(20)23(32)28-19(7-8-21(31)29-22)24(33)26-9-11-30-12-15-35-16-13-30/h3-6,17,19,22H,7-16H2,1-2H3,(H,26,33)(H,27,34)(H,28,32)(H,29,31)/t19-,22-/m0/s1. The number of amides is 4. The Morgan fingerprint density at radius 2 is 1.86 bits per heavy atom. The fourth-order valence-electron chi connectivity index (χ4n) is 4.07. The zero-order valence-electron chi connectivity index (χ0n) is 21.0. The van der Waals surface area contributed by atoms with Crippen molar-refractivity contribution in [1.29, 1.82) is 0 Å². The second-order valence-corrected chi connectivity index (χ2v) is 9.23. The molecule has 2 aliphatic rings. The molecule has 2 aliphatic heterocycles. The zero-order valence-corrected chi connectivity index (χ0v) is 21.0. The summed E-state index contributed by atoms with van der Waals surface area (Å²) in [5, 5.41) is 11.2. The molecule has 11 heteroatoms. The number of benzene rings is 1. The first kappa shape index (κ1) is 27.4. The molecule has 0 spiro atoms. The Balaban J connectivity index is 1.73. The van der Waals surface area contributed by atoms with E-state index >= 15 is 0 Å². The Labute approximate surface area is 211 Å². The van der Waals surface area contributed by atoms with Crippen molar-refractivity contribution in [1.82, 2.24) is 26.2 Å². The number of para-hydroxylation sites is 1. The van der Waals surface area contributed by atoms with Crippen LogP contribution in [0.5, 0.6) is 5.75 Å². The Kier molecular flexibility index (Phi) is 10.5. The van der Waals surface area contributed by atoms with E-state index in [4.69, 9.17) is 9.47 Å². The van der Waals surface area contributed by atoms with Crippen LogP contribution >= 0.6 is 0 Å². The number of carbonyl (C=O) groups is 4. The van der Waals surface area contributed by atoms with Gasteiger partial charge in [0.2, 0.25) is 17.7 Å². The molecule has 0 unspecified atom stereocenters. The van der Waals surface area contributed by atoms with E-state index in [0.29, 0.717) is 32.1 Å². The van der Waals surface area contributed by atoms with Crippen LogP contribution in [0.4, 0.5) is 0 Å². The van der Waals surface area contributed by atoms with Crippen molar-refractivity contribution in [2.24, 2.45) is 5.92 Å². The molecule has 0 aromatic heterocycles. The van der Waals surface area contributed by atoms with Crippen LogP contribution in [0.15, 0.2) is 24.3 Å². The van der Waals surface area contributed by atoms with Crippen LogP contribution in [0.1, 0.15) is 37.0 Å². The SMILES string of the molecule is CC(C)[C@@H]1NC(=O)CC[C@@H](C(=O)NCCN2CCOCC2)NC(=O)c2ccccc2OCCNC1=O. The number of hydrogen-bond acceptors (Lipinski definition) is 7. The zero-order chi connectivity index (χ0) is 25.9. The van der Waals surface area contributed by atoms with Gasteiger partial charge in [-0.25, -0.2) is 0 Å². The van der Waals surface area contributed by atoms with E-state index < -0.39 is 18.0 Å². The maximum atomic E-state index is 13.1. The molecule has 0 aliphatic carbocycles. The number of nitrogens with zero attached hydrogens (tertiary/aromatic N) is 1. The van der Waals surface area contributed by atoms with E-state index in [0.717, 1.165) is 13.1 Å². The molecule has 1 aromatic rings. The summed E-state index contributed by atoms with van der Waals surface area (Å²) in [7, 11) is 0. The Bertz CT molecular complexity index is 918. The predicted molar refractivity (Wildman–Crippen MR) is 132 cm³/mol. The van der Waals surface area contributed by atoms with Crippen molar-refractivity contribution in [3.05, 3.63) is 29.8 Å². The third kappa shape index (κ3) is 8.20. The second kappa shape index (κ2) is 13.8. The van der Waals surface area contributed by atoms with E-state index in [2.05, 4.69) is 26.2 Å². The molecule has 11 nitrogen and oxygen atoms in total. The number of ether oxygens (including phenoxy) is 2. The van der Waals surface area contributed by atoms with Gasteiger partial charge in [0.05, 0.1) is 25.3 Å². The summed E-state index contributed by atoms with van der Waals surface area (Å²) in [5.74, 6) is -1.30. The Morgan fingerprint density at radius 1 is 1.11 bits per heavy atom. The largest absolute Gasteiger partial charge is 0.491 e. The second-order valence-electron chi connectivity index (χ2n) is 9.23. The Hall–Kier alpha value is -3.18. The molecule has 4 N–H and O–H groups in total. The molecule has 0 radical (unpaired) electrons. The normalized spacial score (nSPS) is 22.7. The predicted octanol–water partition coefficient (Wildman–Crippen LogP) is -0.337. The van der Waals surface area contributed by atoms with Gasteiger partial charge in [-0.2, -0.15) is 0 Å². The number of rotatable bonds is 5. The van der Waals surface area contributed by atoms with Gasteiger partial charge in [0.1, 0.15) is 24.4 Å². The van der Waals surface area contributed by atoms with Gasteiger partial charge in [0.15, 0.2) is 0 Å². The smallest absolute Gasteiger partial charge is 0.255 e. The van der Waals surface area contributed by atoms with Crippen LogP contribution in [0.2, 0.25) is 0 Å². The highest BCUT2D eigenvalue weighted by atomic mass is 16.5. The minimum atomic E-state index is -0.933. The van der Waals surface area contributed by atoms with Gasteiger partial charge in [-0.05, 0) is 24.5 Å². The molecule has 2 atom stereocenters. The van der Waals surface area contributed by atoms with E-state index in [1.54, 1.807) is 24.3 Å². The summed E-state index contributed by atoms with van der Waals surface area (Å²) in [4.78, 5) is 53.6. The first-order chi connectivity index (χ1) is 17.3. The highest BCUT2D eigenvalue weighted by Crippen LogP contribution is 2.18. The van der Waals surface area contributed by atoms with Crippen LogP contribution in [0.3, 0.4) is 0 Å². The number of morpholine rings is 1. The molecule has 2 heterocycles. The quantitative estimate of drug-likeness (QED) is 0.431. The highest BCUT2D eigenvalue weighted by Gasteiger charge is 2.27. The number of nitrogens with one attached hydrogen (secondary N) is 4. The molecule has 198 valence electrons. The van der Waals surface area contributed by atoms with Crippen molar-refractivity contribution >= 4 is 23.6 Å². The molecule has 3 rings (SSSR count). The van der Waals surface area contributed by atoms with Gasteiger partial charge >= 0.3 is 0 Å². The lowest BCUT2D eigenvalue weighted by Crippen LogP contribution is -2.51. The summed E-state index contributed by atoms with van der Waals surface area (Å²) in [6.45, 7) is 8.05. The fourth-order valence-corrected chi connectivity index (χ4v) is 4.07. The third-order valence-electron chi connectivity index (χ3n) is 6.17. The van der Waals surface area contributed by atoms with E-state index in [1.165, 1.54) is 0 Å². The van der Waals surface area contributed by atoms with Crippen molar-refractivity contribution in [3.63, 3.8) is 0 Å². The van der Waals surface area contributed by atoms with Crippen molar-refractivity contribution in [2.45, 2.75) is 38.8 Å². The summed E-state index contributed by atoms with van der Waals surface area (Å²) in [6.07, 6.45) is 0.0485. The van der Waals surface area contributed by atoms with Crippen LogP contribution in [-0.2, 0) is 19.1 Å². The average Bonchev–Trinajstić information content (AvgIpc) is 2.87. The van der Waals surface area contributed by atoms with E-state index in [9.17, 15) is 19.2 Å². The monoisotopic (exact) mass is 503 g/mol. The first-order valence-electron chi connectivity index (χ1n) is 12.5. The minimum Gasteiger partial charge on any atom is -0.491 e. The van der Waals surface area contributed by atoms with Crippen LogP contribution in [0.25, 0.3) is 0 Å². The van der Waals surface area contributed by atoms with Gasteiger partial charge in [0, 0.05) is 32.6 Å². The van der Waals surface area contributed by atoms with Gasteiger partial charge in [-0.1, -0.05) is 26.0 Å². The van der Waals surface area contributed by atoms with Crippen LogP contribution in [0, 0.1) is 5.92 Å². The van der Waals surface area contributed by atoms with Crippen molar-refractivity contribution in [2.75, 3.05) is 52.5 Å². The van der Waals surface area contributed by atoms with Gasteiger partial charge in [-0.3, -0.25) is 24.1 Å². The summed E-state index contributed by atoms with van der Waals surface area (Å²) in [6, 6.07) is 5.06. The van der Waals surface area contributed by atoms with Crippen molar-refractivity contribution < 1.29 is 28.7 Å². The molecule has 4 amide bonds. The molecule has 0 saturated carbocycles. The third-order valence-corrected chi connectivity index (χ3v) is 6.17. The maximum Gasteiger partial charge on any atom is 0.255 e. The maximum absolute atomic E-state index is 13.1. The molecule has 0 bridgehead atoms. The fraction of sp³-hybridized carbons (Fsp3) is 0.600. The highest BCUT2D eigenvalue weighted by molar-refractivity contribution is 5.99. The lowest BCUT2D eigenvalue weighted by atomic mass is 10.0. The number of hydrogen-bond donors (Lipinski definition) is 4. The molecular formula is C25H37N5O6. The summed E-state index contributed by atoms with van der Waals surface area (Å²) >= 11 is 0. The van der Waals surface area contributed by atoms with Crippen molar-refractivity contribution in [3.8, 4) is 5.75 Å². The molecule has 1 aromatic carbocycles. The first-order valence-corrected chi connectivity index (χ1v) is 12.5. The summed E-state index contributed by atoms with van der Waals surface area (Å²) in [5.41, 5.74) is 0.273. The Morgan fingerprint density at radius 3 is 2.61 bits per heavy atom. The molecule has 36 heavy (non-hydrogen) atoms. The lowest BCUT2D eigenvalue weighted by Gasteiger charge is -2.27. The lowest BCUT2D eigenvalue weighted by molar-refractivity contribution is -0.130. The molecular weight excluding hydrogens is 466 g/mol. The van der Waals surface area contributed by atoms with Crippen LogP contribution in [-0.4, -0.2) is 93.2 Å². The topological polar surface area (TPSA) is 138 Å². The minimum absolute atomic E-state index is 0.0313.